The normalized spacial score (nSPS) is 13.0. The molecule has 0 aliphatic rings. The van der Waals surface area contributed by atoms with E-state index in [0.717, 1.165) is 13.0 Å². The first kappa shape index (κ1) is 14.7. The second-order valence-corrected chi connectivity index (χ2v) is 5.89. The fourth-order valence-corrected chi connectivity index (χ4v) is 2.46. The first-order chi connectivity index (χ1) is 8.13. The molecule has 2 heteroatoms. The quantitative estimate of drug-likeness (QED) is 0.786. The summed E-state index contributed by atoms with van der Waals surface area (Å²) in [5, 5.41) is 3.64. The minimum atomic E-state index is 0.633. The van der Waals surface area contributed by atoms with Crippen LogP contribution in [0.5, 0.6) is 0 Å². The van der Waals surface area contributed by atoms with E-state index < -0.39 is 0 Å². The van der Waals surface area contributed by atoms with Gasteiger partial charge in [-0.1, -0.05) is 48.8 Å². The van der Waals surface area contributed by atoms with Crippen molar-refractivity contribution < 1.29 is 0 Å². The van der Waals surface area contributed by atoms with Gasteiger partial charge < -0.3 is 5.32 Å². The van der Waals surface area contributed by atoms with Gasteiger partial charge in [0.05, 0.1) is 0 Å². The molecule has 96 valence electrons. The van der Waals surface area contributed by atoms with Gasteiger partial charge in [-0.05, 0) is 49.4 Å². The predicted octanol–water partition coefficient (Wildman–Crippen LogP) is 4.41. The Bertz CT molecular complexity index is 322. The molecular formula is C15H24BrN. The summed E-state index contributed by atoms with van der Waals surface area (Å²) in [5.41, 5.74) is 1.42. The molecule has 0 bridgehead atoms. The van der Waals surface area contributed by atoms with Crippen molar-refractivity contribution in [1.82, 2.24) is 5.32 Å². The van der Waals surface area contributed by atoms with Crippen molar-refractivity contribution in [3.63, 3.8) is 0 Å². The zero-order valence-electron chi connectivity index (χ0n) is 11.2. The molecule has 1 nitrogen and oxygen atoms in total. The highest BCUT2D eigenvalue weighted by molar-refractivity contribution is 9.10. The Kier molecular flexibility index (Phi) is 6.83. The molecule has 0 fully saturated rings. The number of halogens is 1. The maximum atomic E-state index is 3.64. The van der Waals surface area contributed by atoms with Crippen LogP contribution in [0.25, 0.3) is 0 Å². The molecular weight excluding hydrogens is 274 g/mol. The van der Waals surface area contributed by atoms with E-state index >= 15 is 0 Å². The summed E-state index contributed by atoms with van der Waals surface area (Å²) >= 11 is 3.52. The Morgan fingerprint density at radius 3 is 2.65 bits per heavy atom. The lowest BCUT2D eigenvalue weighted by molar-refractivity contribution is 0.378. The van der Waals surface area contributed by atoms with Crippen LogP contribution in [0.1, 0.15) is 39.2 Å². The topological polar surface area (TPSA) is 12.0 Å². The van der Waals surface area contributed by atoms with Gasteiger partial charge in [0.1, 0.15) is 0 Å². The van der Waals surface area contributed by atoms with Crippen molar-refractivity contribution in [3.05, 3.63) is 34.3 Å². The van der Waals surface area contributed by atoms with Gasteiger partial charge in [-0.25, -0.2) is 0 Å². The average molecular weight is 298 g/mol. The lowest BCUT2D eigenvalue weighted by atomic mass is 9.96. The van der Waals surface area contributed by atoms with Crippen LogP contribution in [0.2, 0.25) is 0 Å². The Morgan fingerprint density at radius 2 is 2.06 bits per heavy atom. The summed E-state index contributed by atoms with van der Waals surface area (Å²) in [6.45, 7) is 7.95. The van der Waals surface area contributed by atoms with Crippen LogP contribution in [-0.4, -0.2) is 12.6 Å². The molecule has 1 atom stereocenters. The largest absolute Gasteiger partial charge is 0.314 e. The van der Waals surface area contributed by atoms with Gasteiger partial charge in [0.2, 0.25) is 0 Å². The van der Waals surface area contributed by atoms with E-state index in [2.05, 4.69) is 66.3 Å². The van der Waals surface area contributed by atoms with Crippen molar-refractivity contribution in [3.8, 4) is 0 Å². The van der Waals surface area contributed by atoms with E-state index in [0.29, 0.717) is 12.0 Å². The van der Waals surface area contributed by atoms with Crippen LogP contribution in [0.15, 0.2) is 28.7 Å². The van der Waals surface area contributed by atoms with Crippen LogP contribution >= 0.6 is 15.9 Å². The molecule has 1 N–H and O–H groups in total. The van der Waals surface area contributed by atoms with E-state index in [4.69, 9.17) is 0 Å². The van der Waals surface area contributed by atoms with Crippen LogP contribution in [0.4, 0.5) is 0 Å². The van der Waals surface area contributed by atoms with Crippen LogP contribution in [0, 0.1) is 5.92 Å². The molecule has 0 aliphatic heterocycles. The number of aryl methyl sites for hydroxylation is 1. The summed E-state index contributed by atoms with van der Waals surface area (Å²) < 4.78 is 1.18. The summed E-state index contributed by atoms with van der Waals surface area (Å²) in [4.78, 5) is 0. The third-order valence-electron chi connectivity index (χ3n) is 3.09. The van der Waals surface area contributed by atoms with Crippen molar-refractivity contribution in [1.29, 1.82) is 0 Å². The first-order valence-corrected chi connectivity index (χ1v) is 7.40. The van der Waals surface area contributed by atoms with E-state index in [1.165, 1.54) is 22.9 Å². The molecule has 1 rings (SSSR count). The SMILES string of the molecule is CCCNC(CCc1cccc(Br)c1)C(C)C. The van der Waals surface area contributed by atoms with Gasteiger partial charge in [0.15, 0.2) is 0 Å². The number of hydrogen-bond donors (Lipinski definition) is 1. The van der Waals surface area contributed by atoms with Crippen molar-refractivity contribution in [2.75, 3.05) is 6.54 Å². The fourth-order valence-electron chi connectivity index (χ4n) is 2.02. The van der Waals surface area contributed by atoms with Crippen LogP contribution in [0.3, 0.4) is 0 Å². The van der Waals surface area contributed by atoms with Crippen molar-refractivity contribution in [2.24, 2.45) is 5.92 Å². The molecule has 17 heavy (non-hydrogen) atoms. The van der Waals surface area contributed by atoms with Crippen molar-refractivity contribution in [2.45, 2.75) is 46.1 Å². The Labute approximate surface area is 114 Å². The minimum absolute atomic E-state index is 0.633. The molecule has 0 saturated heterocycles. The monoisotopic (exact) mass is 297 g/mol. The first-order valence-electron chi connectivity index (χ1n) is 6.61. The van der Waals surface area contributed by atoms with Crippen molar-refractivity contribution >= 4 is 15.9 Å². The Morgan fingerprint density at radius 1 is 1.29 bits per heavy atom. The van der Waals surface area contributed by atoms with E-state index in [9.17, 15) is 0 Å². The highest BCUT2D eigenvalue weighted by Crippen LogP contribution is 2.15. The summed E-state index contributed by atoms with van der Waals surface area (Å²) in [6.07, 6.45) is 3.58. The highest BCUT2D eigenvalue weighted by Gasteiger charge is 2.11. The molecule has 0 saturated carbocycles. The van der Waals surface area contributed by atoms with Gasteiger partial charge in [-0.3, -0.25) is 0 Å². The molecule has 0 aliphatic carbocycles. The smallest absolute Gasteiger partial charge is 0.0177 e. The predicted molar refractivity (Wildman–Crippen MR) is 79.4 cm³/mol. The summed E-state index contributed by atoms with van der Waals surface area (Å²) in [6, 6.07) is 9.26. The number of nitrogens with one attached hydrogen (secondary N) is 1. The maximum Gasteiger partial charge on any atom is 0.0177 e. The van der Waals surface area contributed by atoms with E-state index in [1.807, 2.05) is 0 Å². The molecule has 0 amide bonds. The van der Waals surface area contributed by atoms with Gasteiger partial charge in [0.25, 0.3) is 0 Å². The highest BCUT2D eigenvalue weighted by atomic mass is 79.9. The number of rotatable bonds is 7. The molecule has 0 radical (unpaired) electrons. The Balaban J connectivity index is 2.45. The molecule has 1 aromatic rings. The fraction of sp³-hybridized carbons (Fsp3) is 0.600. The zero-order chi connectivity index (χ0) is 12.7. The summed E-state index contributed by atoms with van der Waals surface area (Å²) in [5.74, 6) is 0.703. The minimum Gasteiger partial charge on any atom is -0.314 e. The third kappa shape index (κ3) is 5.69. The number of benzene rings is 1. The zero-order valence-corrected chi connectivity index (χ0v) is 12.8. The summed E-state index contributed by atoms with van der Waals surface area (Å²) in [7, 11) is 0. The van der Waals surface area contributed by atoms with Gasteiger partial charge in [-0.2, -0.15) is 0 Å². The second kappa shape index (κ2) is 7.88. The number of hydrogen-bond acceptors (Lipinski definition) is 1. The van der Waals surface area contributed by atoms with Crippen LogP contribution in [-0.2, 0) is 6.42 Å². The third-order valence-corrected chi connectivity index (χ3v) is 3.59. The van der Waals surface area contributed by atoms with Gasteiger partial charge >= 0.3 is 0 Å². The second-order valence-electron chi connectivity index (χ2n) is 4.97. The molecule has 1 unspecified atom stereocenters. The molecule has 0 aromatic heterocycles. The van der Waals surface area contributed by atoms with Crippen LogP contribution < -0.4 is 5.32 Å². The van der Waals surface area contributed by atoms with Gasteiger partial charge in [0, 0.05) is 10.5 Å². The standard InChI is InChI=1S/C15H24BrN/c1-4-10-17-15(12(2)3)9-8-13-6-5-7-14(16)11-13/h5-7,11-12,15,17H,4,8-10H2,1-3H3. The average Bonchev–Trinajstić information content (AvgIpc) is 2.28. The molecule has 1 aromatic carbocycles. The Hall–Kier alpha value is -0.340. The lowest BCUT2D eigenvalue weighted by Crippen LogP contribution is -2.34. The maximum absolute atomic E-state index is 3.64. The lowest BCUT2D eigenvalue weighted by Gasteiger charge is -2.22. The van der Waals surface area contributed by atoms with Gasteiger partial charge in [-0.15, -0.1) is 0 Å². The van der Waals surface area contributed by atoms with E-state index in [1.54, 1.807) is 0 Å². The van der Waals surface area contributed by atoms with E-state index in [-0.39, 0.29) is 0 Å². The molecule has 0 spiro atoms. The molecule has 0 heterocycles.